The molecule has 0 saturated heterocycles. The summed E-state index contributed by atoms with van der Waals surface area (Å²) >= 11 is 13.0. The number of halogens is 3. The maximum atomic E-state index is 13.9. The SMILES string of the molecule is Cn1c(SCC(=O)Nc2cc(Cl)cc(Cl)c2)nnc1-c1ccccc1F. The summed E-state index contributed by atoms with van der Waals surface area (Å²) in [6.45, 7) is 0. The van der Waals surface area contributed by atoms with Gasteiger partial charge in [-0.1, -0.05) is 47.1 Å². The molecule has 1 aromatic heterocycles. The molecule has 5 nitrogen and oxygen atoms in total. The van der Waals surface area contributed by atoms with Crippen molar-refractivity contribution in [3.63, 3.8) is 0 Å². The summed E-state index contributed by atoms with van der Waals surface area (Å²) in [5, 5.41) is 12.1. The molecule has 3 rings (SSSR count). The number of thioether (sulfide) groups is 1. The number of carbonyl (C=O) groups is 1. The zero-order chi connectivity index (χ0) is 18.7. The smallest absolute Gasteiger partial charge is 0.234 e. The van der Waals surface area contributed by atoms with Crippen LogP contribution >= 0.6 is 35.0 Å². The van der Waals surface area contributed by atoms with Gasteiger partial charge in [-0.25, -0.2) is 4.39 Å². The van der Waals surface area contributed by atoms with Gasteiger partial charge in [-0.3, -0.25) is 4.79 Å². The maximum absolute atomic E-state index is 13.9. The van der Waals surface area contributed by atoms with Crippen molar-refractivity contribution >= 4 is 46.6 Å². The number of hydrogen-bond donors (Lipinski definition) is 1. The average Bonchev–Trinajstić information content (AvgIpc) is 2.93. The van der Waals surface area contributed by atoms with Gasteiger partial charge >= 0.3 is 0 Å². The molecule has 0 bridgehead atoms. The standard InChI is InChI=1S/C17H13Cl2FN4OS/c1-24-16(13-4-2-3-5-14(13)20)22-23-17(24)26-9-15(25)21-12-7-10(18)6-11(19)8-12/h2-8H,9H2,1H3,(H,21,25). The minimum absolute atomic E-state index is 0.105. The van der Waals surface area contributed by atoms with Gasteiger partial charge in [0.25, 0.3) is 0 Å². The minimum atomic E-state index is -0.380. The Hall–Kier alpha value is -2.09. The van der Waals surface area contributed by atoms with E-state index in [0.29, 0.717) is 32.3 Å². The Kier molecular flexibility index (Phi) is 5.80. The Morgan fingerprint density at radius 2 is 1.88 bits per heavy atom. The molecular formula is C17H13Cl2FN4OS. The Morgan fingerprint density at radius 1 is 1.19 bits per heavy atom. The van der Waals surface area contributed by atoms with Gasteiger partial charge in [-0.2, -0.15) is 0 Å². The molecule has 0 aliphatic rings. The Balaban J connectivity index is 1.67. The highest BCUT2D eigenvalue weighted by atomic mass is 35.5. The van der Waals surface area contributed by atoms with E-state index in [2.05, 4.69) is 15.5 Å². The van der Waals surface area contributed by atoms with Gasteiger partial charge in [-0.15, -0.1) is 10.2 Å². The number of amides is 1. The summed E-state index contributed by atoms with van der Waals surface area (Å²) in [7, 11) is 1.72. The second-order valence-corrected chi connectivity index (χ2v) is 7.16. The molecule has 1 heterocycles. The van der Waals surface area contributed by atoms with Gasteiger partial charge in [0.05, 0.1) is 11.3 Å². The van der Waals surface area contributed by atoms with Crippen molar-refractivity contribution in [1.82, 2.24) is 14.8 Å². The molecule has 9 heteroatoms. The largest absolute Gasteiger partial charge is 0.325 e. The summed E-state index contributed by atoms with van der Waals surface area (Å²) < 4.78 is 15.6. The summed E-state index contributed by atoms with van der Waals surface area (Å²) in [5.74, 6) is -0.126. The van der Waals surface area contributed by atoms with Crippen molar-refractivity contribution in [1.29, 1.82) is 0 Å². The number of nitrogens with zero attached hydrogens (tertiary/aromatic N) is 3. The van der Waals surface area contributed by atoms with Gasteiger partial charge in [-0.05, 0) is 30.3 Å². The van der Waals surface area contributed by atoms with Gasteiger partial charge in [0.1, 0.15) is 5.82 Å². The Labute approximate surface area is 163 Å². The number of anilines is 1. The summed E-state index contributed by atoms with van der Waals surface area (Å²) in [4.78, 5) is 12.1. The molecule has 26 heavy (non-hydrogen) atoms. The van der Waals surface area contributed by atoms with E-state index in [9.17, 15) is 9.18 Å². The number of benzene rings is 2. The van der Waals surface area contributed by atoms with E-state index in [0.717, 1.165) is 0 Å². The molecule has 2 aromatic carbocycles. The fourth-order valence-electron chi connectivity index (χ4n) is 2.27. The van der Waals surface area contributed by atoms with Crippen LogP contribution < -0.4 is 5.32 Å². The first-order valence-electron chi connectivity index (χ1n) is 7.47. The molecule has 0 atom stereocenters. The van der Waals surface area contributed by atoms with Crippen LogP contribution in [0, 0.1) is 5.82 Å². The predicted octanol–water partition coefficient (Wildman–Crippen LogP) is 4.66. The molecule has 1 amide bonds. The van der Waals surface area contributed by atoms with E-state index in [1.165, 1.54) is 17.8 Å². The summed E-state index contributed by atoms with van der Waals surface area (Å²) in [6, 6.07) is 11.1. The lowest BCUT2D eigenvalue weighted by molar-refractivity contribution is -0.113. The van der Waals surface area contributed by atoms with Crippen molar-refractivity contribution in [2.75, 3.05) is 11.1 Å². The topological polar surface area (TPSA) is 59.8 Å². The molecule has 0 spiro atoms. The van der Waals surface area contributed by atoms with Crippen LogP contribution in [0.4, 0.5) is 10.1 Å². The third-order valence-corrected chi connectivity index (χ3v) is 4.89. The van der Waals surface area contributed by atoms with Crippen LogP contribution in [0.1, 0.15) is 0 Å². The predicted molar refractivity (Wildman–Crippen MR) is 102 cm³/mol. The first-order chi connectivity index (χ1) is 12.4. The Morgan fingerprint density at radius 3 is 2.58 bits per heavy atom. The maximum Gasteiger partial charge on any atom is 0.234 e. The van der Waals surface area contributed by atoms with Crippen LogP contribution in [-0.4, -0.2) is 26.4 Å². The first kappa shape index (κ1) is 18.7. The minimum Gasteiger partial charge on any atom is -0.325 e. The fourth-order valence-corrected chi connectivity index (χ4v) is 3.51. The second kappa shape index (κ2) is 8.07. The highest BCUT2D eigenvalue weighted by Crippen LogP contribution is 2.25. The zero-order valence-corrected chi connectivity index (χ0v) is 15.9. The molecule has 3 aromatic rings. The number of hydrogen-bond acceptors (Lipinski definition) is 4. The molecule has 1 N–H and O–H groups in total. The monoisotopic (exact) mass is 410 g/mol. The molecular weight excluding hydrogens is 398 g/mol. The van der Waals surface area contributed by atoms with E-state index in [1.807, 2.05) is 0 Å². The van der Waals surface area contributed by atoms with Crippen molar-refractivity contribution < 1.29 is 9.18 Å². The van der Waals surface area contributed by atoms with E-state index in [-0.39, 0.29) is 17.5 Å². The number of carbonyl (C=O) groups excluding carboxylic acids is 1. The molecule has 0 fully saturated rings. The second-order valence-electron chi connectivity index (χ2n) is 5.34. The van der Waals surface area contributed by atoms with Gasteiger partial charge in [0.2, 0.25) is 5.91 Å². The summed E-state index contributed by atoms with van der Waals surface area (Å²) in [5.41, 5.74) is 0.866. The molecule has 0 aliphatic carbocycles. The molecule has 0 radical (unpaired) electrons. The first-order valence-corrected chi connectivity index (χ1v) is 9.21. The van der Waals surface area contributed by atoms with Crippen molar-refractivity contribution in [2.45, 2.75) is 5.16 Å². The van der Waals surface area contributed by atoms with Gasteiger partial charge in [0, 0.05) is 22.8 Å². The molecule has 0 aliphatic heterocycles. The number of aromatic nitrogens is 3. The quantitative estimate of drug-likeness (QED) is 0.621. The van der Waals surface area contributed by atoms with Gasteiger partial charge in [0.15, 0.2) is 11.0 Å². The lowest BCUT2D eigenvalue weighted by Crippen LogP contribution is -2.14. The van der Waals surface area contributed by atoms with E-state index < -0.39 is 0 Å². The number of nitrogens with one attached hydrogen (secondary N) is 1. The van der Waals surface area contributed by atoms with Crippen LogP contribution in [0.2, 0.25) is 10.0 Å². The highest BCUT2D eigenvalue weighted by Gasteiger charge is 2.15. The van der Waals surface area contributed by atoms with E-state index in [1.54, 1.807) is 48.0 Å². The van der Waals surface area contributed by atoms with E-state index >= 15 is 0 Å². The molecule has 0 unspecified atom stereocenters. The van der Waals surface area contributed by atoms with Crippen LogP contribution in [-0.2, 0) is 11.8 Å². The molecule has 134 valence electrons. The van der Waals surface area contributed by atoms with Crippen LogP contribution in [0.3, 0.4) is 0 Å². The zero-order valence-electron chi connectivity index (χ0n) is 13.5. The van der Waals surface area contributed by atoms with Crippen LogP contribution in [0.25, 0.3) is 11.4 Å². The lowest BCUT2D eigenvalue weighted by atomic mass is 10.2. The number of rotatable bonds is 5. The average molecular weight is 411 g/mol. The fraction of sp³-hybridized carbons (Fsp3) is 0.118. The highest BCUT2D eigenvalue weighted by molar-refractivity contribution is 7.99. The van der Waals surface area contributed by atoms with Crippen molar-refractivity contribution in [3.8, 4) is 11.4 Å². The summed E-state index contributed by atoms with van der Waals surface area (Å²) in [6.07, 6.45) is 0. The van der Waals surface area contributed by atoms with Gasteiger partial charge < -0.3 is 9.88 Å². The van der Waals surface area contributed by atoms with Crippen molar-refractivity contribution in [2.24, 2.45) is 7.05 Å². The Bertz CT molecular complexity index is 943. The molecule has 0 saturated carbocycles. The lowest BCUT2D eigenvalue weighted by Gasteiger charge is -2.07. The third-order valence-electron chi connectivity index (χ3n) is 3.43. The van der Waals surface area contributed by atoms with Crippen molar-refractivity contribution in [3.05, 3.63) is 58.3 Å². The third kappa shape index (κ3) is 4.35. The normalized spacial score (nSPS) is 10.8. The van der Waals surface area contributed by atoms with Crippen LogP contribution in [0.5, 0.6) is 0 Å². The van der Waals surface area contributed by atoms with E-state index in [4.69, 9.17) is 23.2 Å². The van der Waals surface area contributed by atoms with Crippen LogP contribution in [0.15, 0.2) is 47.6 Å².